The number of hydrogen-bond acceptors (Lipinski definition) is 2. The lowest BCUT2D eigenvalue weighted by molar-refractivity contribution is 0.527. The van der Waals surface area contributed by atoms with Gasteiger partial charge in [-0.15, -0.1) is 0 Å². The van der Waals surface area contributed by atoms with E-state index in [1.807, 2.05) is 30.3 Å². The Kier molecular flexibility index (Phi) is 4.09. The minimum absolute atomic E-state index is 0.0982. The van der Waals surface area contributed by atoms with Crippen LogP contribution in [-0.2, 0) is 6.42 Å². The molecule has 0 amide bonds. The minimum Gasteiger partial charge on any atom is -0.264 e. The van der Waals surface area contributed by atoms with E-state index in [1.54, 1.807) is 12.4 Å². The van der Waals surface area contributed by atoms with Crippen molar-refractivity contribution >= 4 is 0 Å². The SMILES string of the molecule is C[C@H](Cc1ccccc1)[C@@H](C#N)c1cccnc1. The molecule has 2 heteroatoms. The predicted molar refractivity (Wildman–Crippen MR) is 71.9 cm³/mol. The van der Waals surface area contributed by atoms with Gasteiger partial charge in [-0.05, 0) is 29.5 Å². The van der Waals surface area contributed by atoms with Crippen molar-refractivity contribution in [1.82, 2.24) is 4.98 Å². The summed E-state index contributed by atoms with van der Waals surface area (Å²) >= 11 is 0. The molecule has 1 aromatic carbocycles. The molecule has 0 saturated heterocycles. The number of nitriles is 1. The molecule has 2 nitrogen and oxygen atoms in total. The van der Waals surface area contributed by atoms with Crippen LogP contribution >= 0.6 is 0 Å². The van der Waals surface area contributed by atoms with Gasteiger partial charge in [0.25, 0.3) is 0 Å². The Morgan fingerprint density at radius 3 is 2.56 bits per heavy atom. The number of rotatable bonds is 4. The summed E-state index contributed by atoms with van der Waals surface area (Å²) in [6.45, 7) is 2.12. The highest BCUT2D eigenvalue weighted by molar-refractivity contribution is 5.24. The molecule has 0 saturated carbocycles. The third-order valence-electron chi connectivity index (χ3n) is 3.15. The molecule has 0 aliphatic rings. The molecule has 0 aliphatic heterocycles. The average molecular weight is 236 g/mol. The lowest BCUT2D eigenvalue weighted by Gasteiger charge is -2.17. The number of hydrogen-bond donors (Lipinski definition) is 0. The second-order valence-corrected chi connectivity index (χ2v) is 4.56. The van der Waals surface area contributed by atoms with Crippen LogP contribution in [0.2, 0.25) is 0 Å². The quantitative estimate of drug-likeness (QED) is 0.813. The van der Waals surface area contributed by atoms with E-state index < -0.39 is 0 Å². The van der Waals surface area contributed by atoms with Crippen LogP contribution in [0.5, 0.6) is 0 Å². The number of nitrogens with zero attached hydrogens (tertiary/aromatic N) is 2. The summed E-state index contributed by atoms with van der Waals surface area (Å²) in [6, 6.07) is 16.5. The Morgan fingerprint density at radius 1 is 1.17 bits per heavy atom. The van der Waals surface area contributed by atoms with Crippen LogP contribution in [-0.4, -0.2) is 4.98 Å². The van der Waals surface area contributed by atoms with E-state index in [4.69, 9.17) is 0 Å². The zero-order valence-electron chi connectivity index (χ0n) is 10.5. The molecule has 2 atom stereocenters. The fourth-order valence-electron chi connectivity index (χ4n) is 2.19. The van der Waals surface area contributed by atoms with E-state index in [0.717, 1.165) is 12.0 Å². The summed E-state index contributed by atoms with van der Waals surface area (Å²) in [4.78, 5) is 4.09. The molecular formula is C16H16N2. The van der Waals surface area contributed by atoms with Crippen molar-refractivity contribution in [2.45, 2.75) is 19.3 Å². The maximum atomic E-state index is 9.35. The summed E-state index contributed by atoms with van der Waals surface area (Å²) in [5.41, 5.74) is 2.28. The molecule has 0 fully saturated rings. The largest absolute Gasteiger partial charge is 0.264 e. The molecular weight excluding hydrogens is 220 g/mol. The van der Waals surface area contributed by atoms with E-state index in [2.05, 4.69) is 30.1 Å². The molecule has 0 unspecified atom stereocenters. The summed E-state index contributed by atoms with van der Waals surface area (Å²) in [7, 11) is 0. The summed E-state index contributed by atoms with van der Waals surface area (Å²) < 4.78 is 0. The van der Waals surface area contributed by atoms with Crippen LogP contribution in [0.1, 0.15) is 24.0 Å². The maximum Gasteiger partial charge on any atom is 0.0756 e. The fourth-order valence-corrected chi connectivity index (χ4v) is 2.19. The molecule has 18 heavy (non-hydrogen) atoms. The van der Waals surface area contributed by atoms with Crippen molar-refractivity contribution in [1.29, 1.82) is 5.26 Å². The molecule has 2 aromatic rings. The molecule has 0 N–H and O–H groups in total. The number of benzene rings is 1. The van der Waals surface area contributed by atoms with Crippen molar-refractivity contribution < 1.29 is 0 Å². The first kappa shape index (κ1) is 12.3. The molecule has 0 radical (unpaired) electrons. The zero-order chi connectivity index (χ0) is 12.8. The van der Waals surface area contributed by atoms with Crippen LogP contribution in [0.25, 0.3) is 0 Å². The Balaban J connectivity index is 2.12. The Hall–Kier alpha value is -2.14. The van der Waals surface area contributed by atoms with Gasteiger partial charge in [-0.2, -0.15) is 5.26 Å². The van der Waals surface area contributed by atoms with Crippen molar-refractivity contribution in [3.8, 4) is 6.07 Å². The van der Waals surface area contributed by atoms with Crippen molar-refractivity contribution in [3.63, 3.8) is 0 Å². The van der Waals surface area contributed by atoms with E-state index in [0.29, 0.717) is 0 Å². The monoisotopic (exact) mass is 236 g/mol. The van der Waals surface area contributed by atoms with Crippen LogP contribution in [0.15, 0.2) is 54.9 Å². The van der Waals surface area contributed by atoms with E-state index in [9.17, 15) is 5.26 Å². The van der Waals surface area contributed by atoms with Crippen molar-refractivity contribution in [3.05, 3.63) is 66.0 Å². The third kappa shape index (κ3) is 2.95. The highest BCUT2D eigenvalue weighted by atomic mass is 14.6. The third-order valence-corrected chi connectivity index (χ3v) is 3.15. The zero-order valence-corrected chi connectivity index (χ0v) is 10.5. The van der Waals surface area contributed by atoms with Crippen LogP contribution < -0.4 is 0 Å². The summed E-state index contributed by atoms with van der Waals surface area (Å²) in [5, 5.41) is 9.35. The molecule has 0 bridgehead atoms. The van der Waals surface area contributed by atoms with Crippen LogP contribution in [0.4, 0.5) is 0 Å². The smallest absolute Gasteiger partial charge is 0.0756 e. The van der Waals surface area contributed by atoms with Gasteiger partial charge in [0.2, 0.25) is 0 Å². The fraction of sp³-hybridized carbons (Fsp3) is 0.250. The Bertz CT molecular complexity index is 514. The maximum absolute atomic E-state index is 9.35. The first-order valence-electron chi connectivity index (χ1n) is 6.14. The van der Waals surface area contributed by atoms with Gasteiger partial charge >= 0.3 is 0 Å². The van der Waals surface area contributed by atoms with Crippen molar-refractivity contribution in [2.24, 2.45) is 5.92 Å². The first-order chi connectivity index (χ1) is 8.81. The molecule has 1 aromatic heterocycles. The van der Waals surface area contributed by atoms with Gasteiger partial charge in [0.05, 0.1) is 12.0 Å². The minimum atomic E-state index is -0.0982. The van der Waals surface area contributed by atoms with Gasteiger partial charge in [-0.1, -0.05) is 43.3 Å². The van der Waals surface area contributed by atoms with Crippen molar-refractivity contribution in [2.75, 3.05) is 0 Å². The highest BCUT2D eigenvalue weighted by Gasteiger charge is 2.19. The average Bonchev–Trinajstić information content (AvgIpc) is 2.42. The van der Waals surface area contributed by atoms with Gasteiger partial charge < -0.3 is 0 Å². The number of pyridine rings is 1. The lowest BCUT2D eigenvalue weighted by atomic mass is 9.85. The normalized spacial score (nSPS) is 13.6. The Morgan fingerprint density at radius 2 is 1.94 bits per heavy atom. The van der Waals surface area contributed by atoms with E-state index in [1.165, 1.54) is 5.56 Å². The standard InChI is InChI=1S/C16H16N2/c1-13(10-14-6-3-2-4-7-14)16(11-17)15-8-5-9-18-12-15/h2-9,12-13,16H,10H2,1H3/t13-,16-/m1/s1. The molecule has 2 rings (SSSR count). The summed E-state index contributed by atoms with van der Waals surface area (Å²) in [5.74, 6) is 0.181. The molecule has 0 spiro atoms. The number of aromatic nitrogens is 1. The van der Waals surface area contributed by atoms with Gasteiger partial charge in [0.15, 0.2) is 0 Å². The van der Waals surface area contributed by atoms with Crippen LogP contribution in [0.3, 0.4) is 0 Å². The second kappa shape index (κ2) is 5.97. The van der Waals surface area contributed by atoms with Gasteiger partial charge in [0.1, 0.15) is 0 Å². The highest BCUT2D eigenvalue weighted by Crippen LogP contribution is 2.26. The van der Waals surface area contributed by atoms with Gasteiger partial charge in [-0.25, -0.2) is 0 Å². The first-order valence-corrected chi connectivity index (χ1v) is 6.14. The predicted octanol–water partition coefficient (Wildman–Crippen LogP) is 3.57. The Labute approximate surface area is 108 Å². The van der Waals surface area contributed by atoms with Gasteiger partial charge in [0, 0.05) is 12.4 Å². The van der Waals surface area contributed by atoms with E-state index >= 15 is 0 Å². The summed E-state index contributed by atoms with van der Waals surface area (Å²) in [6.07, 6.45) is 4.43. The molecule has 0 aliphatic carbocycles. The van der Waals surface area contributed by atoms with Gasteiger partial charge in [-0.3, -0.25) is 4.98 Å². The lowest BCUT2D eigenvalue weighted by Crippen LogP contribution is -2.11. The van der Waals surface area contributed by atoms with Crippen LogP contribution in [0, 0.1) is 17.2 Å². The van der Waals surface area contributed by atoms with E-state index in [-0.39, 0.29) is 11.8 Å². The topological polar surface area (TPSA) is 36.7 Å². The molecule has 1 heterocycles. The second-order valence-electron chi connectivity index (χ2n) is 4.56. The molecule has 90 valence electrons.